The first-order valence-corrected chi connectivity index (χ1v) is 4.33. The first-order chi connectivity index (χ1) is 6.13. The summed E-state index contributed by atoms with van der Waals surface area (Å²) in [6.07, 6.45) is 0.807. The number of rotatable bonds is 5. The number of hydrogen-bond acceptors (Lipinski definition) is 4. The molecule has 0 aliphatic heterocycles. The van der Waals surface area contributed by atoms with E-state index in [4.69, 9.17) is 5.73 Å². The van der Waals surface area contributed by atoms with Gasteiger partial charge in [0.2, 0.25) is 5.91 Å². The van der Waals surface area contributed by atoms with Crippen molar-refractivity contribution in [3.63, 3.8) is 0 Å². The smallest absolute Gasteiger partial charge is 0.332 e. The average Bonchev–Trinajstić information content (AvgIpc) is 2.13. The first kappa shape index (κ1) is 11.9. The fourth-order valence-corrected chi connectivity index (χ4v) is 0.697. The highest BCUT2D eigenvalue weighted by Crippen LogP contribution is 1.86. The lowest BCUT2D eigenvalue weighted by molar-refractivity contribution is -0.147. The van der Waals surface area contributed by atoms with Gasteiger partial charge < -0.3 is 15.8 Å². The molecule has 0 spiro atoms. The monoisotopic (exact) mass is 188 g/mol. The minimum atomic E-state index is -1.20. The van der Waals surface area contributed by atoms with Crippen LogP contribution in [0.5, 0.6) is 0 Å². The van der Waals surface area contributed by atoms with Gasteiger partial charge in [0, 0.05) is 6.54 Å². The lowest BCUT2D eigenvalue weighted by Gasteiger charge is -2.09. The molecule has 0 saturated heterocycles. The van der Waals surface area contributed by atoms with E-state index in [0.717, 1.165) is 6.42 Å². The number of nitrogens with one attached hydrogen (secondary N) is 1. The van der Waals surface area contributed by atoms with Crippen LogP contribution >= 0.6 is 0 Å². The van der Waals surface area contributed by atoms with Crippen molar-refractivity contribution in [2.75, 3.05) is 13.2 Å². The molecule has 0 saturated carbocycles. The van der Waals surface area contributed by atoms with Crippen LogP contribution < -0.4 is 11.1 Å². The van der Waals surface area contributed by atoms with E-state index in [2.05, 4.69) is 10.1 Å². The molecule has 0 bridgehead atoms. The minimum Gasteiger partial charge on any atom is -0.464 e. The summed E-state index contributed by atoms with van der Waals surface area (Å²) in [5.74, 6) is -1.17. The van der Waals surface area contributed by atoms with Crippen molar-refractivity contribution in [3.8, 4) is 0 Å². The maximum absolute atomic E-state index is 11.1. The number of amides is 1. The quantitative estimate of drug-likeness (QED) is 0.446. The van der Waals surface area contributed by atoms with Gasteiger partial charge in [-0.05, 0) is 13.3 Å². The molecule has 1 unspecified atom stereocenters. The maximum Gasteiger partial charge on any atom is 0.332 e. The van der Waals surface area contributed by atoms with Crippen molar-refractivity contribution in [1.82, 2.24) is 5.32 Å². The van der Waals surface area contributed by atoms with Crippen molar-refractivity contribution >= 4 is 11.9 Å². The van der Waals surface area contributed by atoms with Crippen LogP contribution in [-0.4, -0.2) is 31.1 Å². The molecule has 0 aliphatic carbocycles. The fourth-order valence-electron chi connectivity index (χ4n) is 0.697. The molecule has 0 rings (SSSR count). The summed E-state index contributed by atoms with van der Waals surface area (Å²) in [5, 5.41) is 2.51. The van der Waals surface area contributed by atoms with E-state index in [1.807, 2.05) is 6.92 Å². The number of hydrogen-bond donors (Lipinski definition) is 2. The Balaban J connectivity index is 3.87. The van der Waals surface area contributed by atoms with Crippen LogP contribution in [0.4, 0.5) is 0 Å². The van der Waals surface area contributed by atoms with Gasteiger partial charge in [-0.2, -0.15) is 0 Å². The van der Waals surface area contributed by atoms with Crippen LogP contribution in [-0.2, 0) is 14.3 Å². The van der Waals surface area contributed by atoms with Gasteiger partial charge >= 0.3 is 5.97 Å². The van der Waals surface area contributed by atoms with Crippen LogP contribution in [0, 0.1) is 0 Å². The standard InChI is InChI=1S/C8H16N2O3/c1-3-5-10-7(11)6(9)8(12)13-4-2/h6H,3-5,9H2,1-2H3,(H,10,11). The number of esters is 1. The molecule has 0 aromatic heterocycles. The second-order valence-corrected chi connectivity index (χ2v) is 2.52. The highest BCUT2D eigenvalue weighted by Gasteiger charge is 2.22. The normalized spacial score (nSPS) is 11.9. The molecule has 1 amide bonds. The molecule has 0 aromatic rings. The zero-order valence-electron chi connectivity index (χ0n) is 8.00. The Morgan fingerprint density at radius 1 is 1.46 bits per heavy atom. The Kier molecular flexibility index (Phi) is 5.88. The molecule has 0 aliphatic rings. The second kappa shape index (κ2) is 6.42. The summed E-state index contributed by atoms with van der Waals surface area (Å²) < 4.78 is 4.58. The Morgan fingerprint density at radius 3 is 2.54 bits per heavy atom. The van der Waals surface area contributed by atoms with Gasteiger partial charge in [0.05, 0.1) is 6.61 Å². The van der Waals surface area contributed by atoms with E-state index in [-0.39, 0.29) is 6.61 Å². The van der Waals surface area contributed by atoms with Gasteiger partial charge in [-0.25, -0.2) is 4.79 Å². The van der Waals surface area contributed by atoms with Crippen LogP contribution in [0.2, 0.25) is 0 Å². The fraction of sp³-hybridized carbons (Fsp3) is 0.750. The Labute approximate surface area is 77.6 Å². The summed E-state index contributed by atoms with van der Waals surface area (Å²) in [7, 11) is 0. The van der Waals surface area contributed by atoms with Gasteiger partial charge in [0.15, 0.2) is 6.04 Å². The summed E-state index contributed by atoms with van der Waals surface area (Å²) in [5.41, 5.74) is 5.30. The summed E-state index contributed by atoms with van der Waals surface area (Å²) in [4.78, 5) is 22.0. The van der Waals surface area contributed by atoms with Crippen molar-refractivity contribution in [2.24, 2.45) is 5.73 Å². The van der Waals surface area contributed by atoms with Gasteiger partial charge in [-0.15, -0.1) is 0 Å². The van der Waals surface area contributed by atoms with Crippen molar-refractivity contribution in [3.05, 3.63) is 0 Å². The minimum absolute atomic E-state index is 0.230. The third-order valence-corrected chi connectivity index (χ3v) is 1.37. The predicted molar refractivity (Wildman–Crippen MR) is 47.9 cm³/mol. The highest BCUT2D eigenvalue weighted by atomic mass is 16.5. The topological polar surface area (TPSA) is 81.4 Å². The third-order valence-electron chi connectivity index (χ3n) is 1.37. The van der Waals surface area contributed by atoms with E-state index < -0.39 is 17.9 Å². The molecule has 3 N–H and O–H groups in total. The molecule has 5 nitrogen and oxygen atoms in total. The molecular formula is C8H16N2O3. The summed E-state index contributed by atoms with van der Waals surface area (Å²) in [6, 6.07) is -1.20. The van der Waals surface area contributed by atoms with Crippen molar-refractivity contribution in [1.29, 1.82) is 0 Å². The second-order valence-electron chi connectivity index (χ2n) is 2.52. The van der Waals surface area contributed by atoms with E-state index in [1.54, 1.807) is 6.92 Å². The number of carbonyl (C=O) groups excluding carboxylic acids is 2. The largest absolute Gasteiger partial charge is 0.464 e. The molecule has 76 valence electrons. The van der Waals surface area contributed by atoms with Crippen LogP contribution in [0.25, 0.3) is 0 Å². The lowest BCUT2D eigenvalue weighted by Crippen LogP contribution is -2.47. The predicted octanol–water partition coefficient (Wildman–Crippen LogP) is -0.597. The molecule has 1 atom stereocenters. The zero-order valence-corrected chi connectivity index (χ0v) is 8.00. The van der Waals surface area contributed by atoms with Gasteiger partial charge in [-0.3, -0.25) is 4.79 Å². The van der Waals surface area contributed by atoms with Crippen LogP contribution in [0.1, 0.15) is 20.3 Å². The zero-order chi connectivity index (χ0) is 10.3. The number of nitrogens with two attached hydrogens (primary N) is 1. The Bertz CT molecular complexity index is 182. The molecule has 0 aromatic carbocycles. The van der Waals surface area contributed by atoms with E-state index >= 15 is 0 Å². The van der Waals surface area contributed by atoms with E-state index in [1.165, 1.54) is 0 Å². The van der Waals surface area contributed by atoms with Crippen LogP contribution in [0.3, 0.4) is 0 Å². The summed E-state index contributed by atoms with van der Waals surface area (Å²) >= 11 is 0. The van der Waals surface area contributed by atoms with Gasteiger partial charge in [-0.1, -0.05) is 6.92 Å². The molecular weight excluding hydrogens is 172 g/mol. The lowest BCUT2D eigenvalue weighted by atomic mass is 10.3. The highest BCUT2D eigenvalue weighted by molar-refractivity contribution is 6.01. The number of carbonyl (C=O) groups is 2. The maximum atomic E-state index is 11.1. The number of ether oxygens (including phenoxy) is 1. The average molecular weight is 188 g/mol. The molecule has 13 heavy (non-hydrogen) atoms. The SMILES string of the molecule is CCCNC(=O)C(N)C(=O)OCC. The Morgan fingerprint density at radius 2 is 2.08 bits per heavy atom. The van der Waals surface area contributed by atoms with Gasteiger partial charge in [0.1, 0.15) is 0 Å². The van der Waals surface area contributed by atoms with Crippen molar-refractivity contribution < 1.29 is 14.3 Å². The summed E-state index contributed by atoms with van der Waals surface area (Å²) in [6.45, 7) is 4.32. The molecule has 0 radical (unpaired) electrons. The molecule has 0 heterocycles. The van der Waals surface area contributed by atoms with E-state index in [9.17, 15) is 9.59 Å². The third kappa shape index (κ3) is 4.47. The Hall–Kier alpha value is -1.10. The van der Waals surface area contributed by atoms with Gasteiger partial charge in [0.25, 0.3) is 0 Å². The first-order valence-electron chi connectivity index (χ1n) is 4.33. The molecule has 5 heteroatoms. The van der Waals surface area contributed by atoms with Crippen LogP contribution in [0.15, 0.2) is 0 Å². The molecule has 0 fully saturated rings. The van der Waals surface area contributed by atoms with E-state index in [0.29, 0.717) is 6.54 Å². The van der Waals surface area contributed by atoms with Crippen molar-refractivity contribution in [2.45, 2.75) is 26.3 Å².